The van der Waals surface area contributed by atoms with Crippen LogP contribution in [0, 0.1) is 0 Å². The SMILES string of the molecule is Clc1cccc(Cl)c1[C@@H]1CCNC1. The van der Waals surface area contributed by atoms with Gasteiger partial charge in [-0.3, -0.25) is 0 Å². The van der Waals surface area contributed by atoms with Crippen LogP contribution in [-0.4, -0.2) is 13.1 Å². The van der Waals surface area contributed by atoms with Crippen molar-refractivity contribution in [3.8, 4) is 0 Å². The number of hydrogen-bond donors (Lipinski definition) is 1. The summed E-state index contributed by atoms with van der Waals surface area (Å²) in [5, 5.41) is 4.89. The standard InChI is InChI=1S/C10H11Cl2N/c11-8-2-1-3-9(12)10(8)7-4-5-13-6-7/h1-3,7,13H,4-6H2/t7-/m1/s1. The van der Waals surface area contributed by atoms with Gasteiger partial charge in [0.25, 0.3) is 0 Å². The summed E-state index contributed by atoms with van der Waals surface area (Å²) in [6.07, 6.45) is 1.13. The van der Waals surface area contributed by atoms with Crippen molar-refractivity contribution in [2.75, 3.05) is 13.1 Å². The predicted octanol–water partition coefficient (Wildman–Crippen LogP) is 3.07. The lowest BCUT2D eigenvalue weighted by atomic mass is 9.98. The molecule has 0 spiro atoms. The molecule has 0 unspecified atom stereocenters. The zero-order valence-corrected chi connectivity index (χ0v) is 8.70. The second kappa shape index (κ2) is 3.87. The Labute approximate surface area is 88.0 Å². The average molecular weight is 216 g/mol. The molecular formula is C10H11Cl2N. The number of benzene rings is 1. The molecule has 0 aliphatic carbocycles. The first-order valence-electron chi connectivity index (χ1n) is 4.43. The van der Waals surface area contributed by atoms with Crippen LogP contribution >= 0.6 is 23.2 Å². The maximum Gasteiger partial charge on any atom is 0.0456 e. The van der Waals surface area contributed by atoms with Crippen LogP contribution in [0.4, 0.5) is 0 Å². The van der Waals surface area contributed by atoms with Crippen LogP contribution in [0.3, 0.4) is 0 Å². The summed E-state index contributed by atoms with van der Waals surface area (Å²) in [7, 11) is 0. The molecular weight excluding hydrogens is 205 g/mol. The summed E-state index contributed by atoms with van der Waals surface area (Å²) in [5.74, 6) is 0.487. The zero-order valence-electron chi connectivity index (χ0n) is 7.19. The molecule has 1 aliphatic rings. The molecule has 1 N–H and O–H groups in total. The first-order chi connectivity index (χ1) is 6.29. The van der Waals surface area contributed by atoms with E-state index < -0.39 is 0 Å². The Hall–Kier alpha value is -0.240. The van der Waals surface area contributed by atoms with E-state index in [4.69, 9.17) is 23.2 Å². The van der Waals surface area contributed by atoms with Gasteiger partial charge in [0.1, 0.15) is 0 Å². The van der Waals surface area contributed by atoms with Crippen molar-refractivity contribution in [2.24, 2.45) is 0 Å². The summed E-state index contributed by atoms with van der Waals surface area (Å²) < 4.78 is 0. The number of nitrogens with one attached hydrogen (secondary N) is 1. The Balaban J connectivity index is 2.37. The van der Waals surface area contributed by atoms with E-state index in [2.05, 4.69) is 5.32 Å². The summed E-state index contributed by atoms with van der Waals surface area (Å²) in [4.78, 5) is 0. The minimum Gasteiger partial charge on any atom is -0.316 e. The minimum absolute atomic E-state index is 0.487. The lowest BCUT2D eigenvalue weighted by molar-refractivity contribution is 0.764. The highest BCUT2D eigenvalue weighted by Gasteiger charge is 2.21. The Kier molecular flexibility index (Phi) is 2.77. The van der Waals surface area contributed by atoms with Crippen molar-refractivity contribution < 1.29 is 0 Å². The van der Waals surface area contributed by atoms with Gasteiger partial charge in [0.15, 0.2) is 0 Å². The molecule has 0 aromatic heterocycles. The van der Waals surface area contributed by atoms with E-state index in [1.54, 1.807) is 0 Å². The van der Waals surface area contributed by atoms with Gasteiger partial charge in [0.05, 0.1) is 0 Å². The molecule has 1 aromatic carbocycles. The van der Waals surface area contributed by atoms with Gasteiger partial charge in [-0.25, -0.2) is 0 Å². The van der Waals surface area contributed by atoms with Gasteiger partial charge in [-0.15, -0.1) is 0 Å². The third-order valence-electron chi connectivity index (χ3n) is 2.47. The second-order valence-corrected chi connectivity index (χ2v) is 4.14. The lowest BCUT2D eigenvalue weighted by Gasteiger charge is -2.12. The maximum atomic E-state index is 6.10. The van der Waals surface area contributed by atoms with Crippen LogP contribution in [0.15, 0.2) is 18.2 Å². The fourth-order valence-corrected chi connectivity index (χ4v) is 2.51. The summed E-state index contributed by atoms with van der Waals surface area (Å²) >= 11 is 12.2. The fraction of sp³-hybridized carbons (Fsp3) is 0.400. The topological polar surface area (TPSA) is 12.0 Å². The van der Waals surface area contributed by atoms with Crippen molar-refractivity contribution in [3.63, 3.8) is 0 Å². The molecule has 0 amide bonds. The monoisotopic (exact) mass is 215 g/mol. The third kappa shape index (κ3) is 1.83. The second-order valence-electron chi connectivity index (χ2n) is 3.33. The summed E-state index contributed by atoms with van der Waals surface area (Å²) in [6, 6.07) is 5.69. The predicted molar refractivity (Wildman–Crippen MR) is 56.7 cm³/mol. The first-order valence-corrected chi connectivity index (χ1v) is 5.19. The Morgan fingerprint density at radius 3 is 2.46 bits per heavy atom. The van der Waals surface area contributed by atoms with E-state index in [0.29, 0.717) is 5.92 Å². The fourth-order valence-electron chi connectivity index (χ4n) is 1.80. The highest BCUT2D eigenvalue weighted by Crippen LogP contribution is 2.34. The van der Waals surface area contributed by atoms with Gasteiger partial charge in [-0.2, -0.15) is 0 Å². The Morgan fingerprint density at radius 1 is 1.23 bits per heavy atom. The molecule has 1 nitrogen and oxygen atoms in total. The summed E-state index contributed by atoms with van der Waals surface area (Å²) in [6.45, 7) is 2.05. The highest BCUT2D eigenvalue weighted by molar-refractivity contribution is 6.36. The first kappa shape index (κ1) is 9.32. The summed E-state index contributed by atoms with van der Waals surface area (Å²) in [5.41, 5.74) is 1.11. The van der Waals surface area contributed by atoms with Gasteiger partial charge >= 0.3 is 0 Å². The Morgan fingerprint density at radius 2 is 1.92 bits per heavy atom. The molecule has 2 rings (SSSR count). The van der Waals surface area contributed by atoms with Crippen molar-refractivity contribution in [1.82, 2.24) is 5.32 Å². The molecule has 1 heterocycles. The van der Waals surface area contributed by atoms with Crippen LogP contribution in [-0.2, 0) is 0 Å². The van der Waals surface area contributed by atoms with Crippen LogP contribution in [0.5, 0.6) is 0 Å². The molecule has 1 fully saturated rings. The van der Waals surface area contributed by atoms with E-state index in [1.807, 2.05) is 18.2 Å². The zero-order chi connectivity index (χ0) is 9.26. The van der Waals surface area contributed by atoms with E-state index >= 15 is 0 Å². The van der Waals surface area contributed by atoms with E-state index in [0.717, 1.165) is 35.1 Å². The molecule has 1 saturated heterocycles. The minimum atomic E-state index is 0.487. The highest BCUT2D eigenvalue weighted by atomic mass is 35.5. The van der Waals surface area contributed by atoms with Gasteiger partial charge in [0.2, 0.25) is 0 Å². The van der Waals surface area contributed by atoms with Gasteiger partial charge in [0, 0.05) is 22.5 Å². The molecule has 1 atom stereocenters. The van der Waals surface area contributed by atoms with E-state index in [9.17, 15) is 0 Å². The largest absolute Gasteiger partial charge is 0.316 e. The average Bonchev–Trinajstić information content (AvgIpc) is 2.57. The van der Waals surface area contributed by atoms with Crippen molar-refractivity contribution in [3.05, 3.63) is 33.8 Å². The maximum absolute atomic E-state index is 6.10. The number of hydrogen-bond acceptors (Lipinski definition) is 1. The molecule has 1 aliphatic heterocycles. The van der Waals surface area contributed by atoms with Crippen LogP contribution in [0.25, 0.3) is 0 Å². The molecule has 0 radical (unpaired) electrons. The van der Waals surface area contributed by atoms with Crippen LogP contribution in [0.1, 0.15) is 17.9 Å². The molecule has 13 heavy (non-hydrogen) atoms. The molecule has 3 heteroatoms. The number of rotatable bonds is 1. The van der Waals surface area contributed by atoms with E-state index in [-0.39, 0.29) is 0 Å². The third-order valence-corrected chi connectivity index (χ3v) is 3.13. The number of halogens is 2. The lowest BCUT2D eigenvalue weighted by Crippen LogP contribution is -2.08. The Bertz CT molecular complexity index is 286. The van der Waals surface area contributed by atoms with Crippen molar-refractivity contribution in [2.45, 2.75) is 12.3 Å². The van der Waals surface area contributed by atoms with Crippen molar-refractivity contribution in [1.29, 1.82) is 0 Å². The van der Waals surface area contributed by atoms with Gasteiger partial charge in [-0.05, 0) is 30.7 Å². The molecule has 0 bridgehead atoms. The molecule has 1 aromatic rings. The molecule has 70 valence electrons. The van der Waals surface area contributed by atoms with Gasteiger partial charge < -0.3 is 5.32 Å². The quantitative estimate of drug-likeness (QED) is 0.760. The molecule has 0 saturated carbocycles. The van der Waals surface area contributed by atoms with Crippen LogP contribution in [0.2, 0.25) is 10.0 Å². The van der Waals surface area contributed by atoms with Crippen molar-refractivity contribution >= 4 is 23.2 Å². The smallest absolute Gasteiger partial charge is 0.0456 e. The van der Waals surface area contributed by atoms with Crippen LogP contribution < -0.4 is 5.32 Å². The normalized spacial score (nSPS) is 22.2. The van der Waals surface area contributed by atoms with Gasteiger partial charge in [-0.1, -0.05) is 29.3 Å². The van der Waals surface area contributed by atoms with E-state index in [1.165, 1.54) is 0 Å².